The Morgan fingerprint density at radius 3 is 0.942 bits per heavy atom. The highest BCUT2D eigenvalue weighted by Gasteiger charge is 2.27. The molecule has 0 aromatic heterocycles. The highest BCUT2D eigenvalue weighted by atomic mass is 31.2. The van der Waals surface area contributed by atoms with Crippen LogP contribution >= 0.6 is 7.82 Å². The molecule has 0 aliphatic heterocycles. The van der Waals surface area contributed by atoms with E-state index in [1.54, 1.807) is 0 Å². The molecule has 1 N–H and O–H groups in total. The predicted molar refractivity (Wildman–Crippen MR) is 372 cm³/mol. The van der Waals surface area contributed by atoms with Gasteiger partial charge in [-0.25, -0.2) is 4.57 Å². The Morgan fingerprint density at radius 2 is 0.628 bits per heavy atom. The molecule has 2 atom stereocenters. The summed E-state index contributed by atoms with van der Waals surface area (Å²) in [5.41, 5.74) is 0. The van der Waals surface area contributed by atoms with Crippen molar-refractivity contribution in [2.75, 3.05) is 47.5 Å². The molecule has 86 heavy (non-hydrogen) atoms. The van der Waals surface area contributed by atoms with Crippen molar-refractivity contribution < 1.29 is 42.1 Å². The number of phosphoric acid groups is 1. The minimum Gasteiger partial charge on any atom is -0.462 e. The topological polar surface area (TPSA) is 108 Å². The lowest BCUT2D eigenvalue weighted by Crippen LogP contribution is -2.37. The molecule has 0 bridgehead atoms. The van der Waals surface area contributed by atoms with E-state index in [1.807, 2.05) is 21.1 Å². The van der Waals surface area contributed by atoms with Gasteiger partial charge in [-0.1, -0.05) is 332 Å². The fourth-order valence-corrected chi connectivity index (χ4v) is 11.8. The molecule has 10 heteroatoms. The molecule has 0 radical (unpaired) electrons. The largest absolute Gasteiger partial charge is 0.472 e. The average Bonchev–Trinajstić information content (AvgIpc) is 3.67. The van der Waals surface area contributed by atoms with Crippen molar-refractivity contribution in [2.45, 2.75) is 380 Å². The van der Waals surface area contributed by atoms with E-state index in [-0.39, 0.29) is 25.6 Å². The number of phosphoric ester groups is 1. The van der Waals surface area contributed by atoms with E-state index in [1.165, 1.54) is 295 Å². The molecule has 0 fully saturated rings. The maximum absolute atomic E-state index is 12.9. The molecule has 506 valence electrons. The molecule has 0 saturated heterocycles. The minimum atomic E-state index is -4.39. The lowest BCUT2D eigenvalue weighted by Gasteiger charge is -2.24. The summed E-state index contributed by atoms with van der Waals surface area (Å²) in [6.45, 7) is 4.49. The first-order valence-electron chi connectivity index (χ1n) is 37.4. The van der Waals surface area contributed by atoms with Gasteiger partial charge in [-0.15, -0.1) is 0 Å². The number of likely N-dealkylation sites (N-methyl/N-ethyl adjacent to an activating group) is 1. The van der Waals surface area contributed by atoms with Crippen molar-refractivity contribution in [3.8, 4) is 0 Å². The second-order valence-corrected chi connectivity index (χ2v) is 28.1. The van der Waals surface area contributed by atoms with Gasteiger partial charge in [-0.05, 0) is 77.0 Å². The number of quaternary nitrogens is 1. The SMILES string of the molecule is CCCCCCC/C=C\C/C=C\C/C=C\CCCCCCCCCCCCCCCCC(=O)OC(COC(=O)CCCCCCCCCCCCCCCCCCCCCCC/C=C\CCCCCCCCCC)COP(=O)(O)OCC[N+](C)(C)C. The molecule has 0 rings (SSSR count). The predicted octanol–water partition coefficient (Wildman–Crippen LogP) is 24.4. The highest BCUT2D eigenvalue weighted by molar-refractivity contribution is 7.47. The Morgan fingerprint density at radius 1 is 0.360 bits per heavy atom. The second kappa shape index (κ2) is 67.4. The number of hydrogen-bond acceptors (Lipinski definition) is 7. The number of ether oxygens (including phenoxy) is 2. The first-order valence-corrected chi connectivity index (χ1v) is 38.9. The highest BCUT2D eigenvalue weighted by Crippen LogP contribution is 2.43. The van der Waals surface area contributed by atoms with Crippen LogP contribution in [0.25, 0.3) is 0 Å². The molecule has 0 amide bonds. The zero-order chi connectivity index (χ0) is 62.6. The van der Waals surface area contributed by atoms with Crippen LogP contribution in [0.2, 0.25) is 0 Å². The quantitative estimate of drug-likeness (QED) is 0.0211. The number of esters is 2. The number of nitrogens with zero attached hydrogens (tertiary/aromatic N) is 1. The van der Waals surface area contributed by atoms with Gasteiger partial charge in [0.25, 0.3) is 0 Å². The van der Waals surface area contributed by atoms with Crippen LogP contribution in [0.4, 0.5) is 0 Å². The Hall–Kier alpha value is -2.03. The normalized spacial score (nSPS) is 13.3. The van der Waals surface area contributed by atoms with Crippen LogP contribution in [-0.2, 0) is 32.7 Å². The van der Waals surface area contributed by atoms with Crippen LogP contribution in [0.3, 0.4) is 0 Å². The Kier molecular flexibility index (Phi) is 65.8. The van der Waals surface area contributed by atoms with Gasteiger partial charge in [0.15, 0.2) is 6.10 Å². The van der Waals surface area contributed by atoms with Gasteiger partial charge in [-0.3, -0.25) is 18.6 Å². The standard InChI is InChI=1S/C76H144NO8P/c1-6-8-10-12-14-16-18-20-22-24-26-28-30-32-34-36-37-38-39-41-42-44-46-48-50-52-54-56-58-60-62-64-66-68-75(78)82-72-74(73-84-86(80,81)83-71-70-77(3,4)5)85-76(79)69-67-65-63-61-59-57-55-53-51-49-47-45-43-40-35-33-31-29-27-25-23-21-19-17-15-13-11-9-7-2/h19,21,24-27,31,33,74H,6-18,20,22-23,28-30,32,34-73H2,1-5H3/p+1/b21-19-,26-24-,27-25-,33-31-. The van der Waals surface area contributed by atoms with E-state index in [2.05, 4.69) is 62.5 Å². The molecule has 2 unspecified atom stereocenters. The van der Waals surface area contributed by atoms with Crippen molar-refractivity contribution >= 4 is 19.8 Å². The van der Waals surface area contributed by atoms with Gasteiger partial charge in [-0.2, -0.15) is 0 Å². The summed E-state index contributed by atoms with van der Waals surface area (Å²) >= 11 is 0. The Bertz CT molecular complexity index is 1590. The molecule has 0 aliphatic carbocycles. The third kappa shape index (κ3) is 71.1. The maximum atomic E-state index is 12.9. The Balaban J connectivity index is 3.97. The smallest absolute Gasteiger partial charge is 0.462 e. The summed E-state index contributed by atoms with van der Waals surface area (Å²) in [5.74, 6) is -0.779. The molecule has 0 spiro atoms. The lowest BCUT2D eigenvalue weighted by molar-refractivity contribution is -0.870. The van der Waals surface area contributed by atoms with E-state index < -0.39 is 26.5 Å². The molecule has 0 heterocycles. The summed E-state index contributed by atoms with van der Waals surface area (Å²) in [7, 11) is 1.49. The molecule has 9 nitrogen and oxygen atoms in total. The second-order valence-electron chi connectivity index (χ2n) is 26.7. The third-order valence-electron chi connectivity index (χ3n) is 16.8. The minimum absolute atomic E-state index is 0.0332. The summed E-state index contributed by atoms with van der Waals surface area (Å²) in [4.78, 5) is 35.9. The first kappa shape index (κ1) is 84.0. The van der Waals surface area contributed by atoms with Crippen LogP contribution in [0.15, 0.2) is 48.6 Å². The zero-order valence-electron chi connectivity index (χ0n) is 57.8. The Labute approximate surface area is 534 Å². The van der Waals surface area contributed by atoms with Crippen LogP contribution in [-0.4, -0.2) is 74.9 Å². The fourth-order valence-electron chi connectivity index (χ4n) is 11.1. The van der Waals surface area contributed by atoms with E-state index in [9.17, 15) is 19.0 Å². The third-order valence-corrected chi connectivity index (χ3v) is 17.8. The van der Waals surface area contributed by atoms with Crippen molar-refractivity contribution in [2.24, 2.45) is 0 Å². The number of unbranched alkanes of at least 4 members (excludes halogenated alkanes) is 48. The van der Waals surface area contributed by atoms with Gasteiger partial charge in [0.2, 0.25) is 0 Å². The fraction of sp³-hybridized carbons (Fsp3) is 0.868. The number of carbonyl (C=O) groups excluding carboxylic acids is 2. The summed E-state index contributed by atoms with van der Waals surface area (Å²) in [6.07, 6.45) is 88.1. The molecule has 0 aromatic carbocycles. The van der Waals surface area contributed by atoms with Crippen molar-refractivity contribution in [1.82, 2.24) is 0 Å². The van der Waals surface area contributed by atoms with Crippen molar-refractivity contribution in [1.29, 1.82) is 0 Å². The van der Waals surface area contributed by atoms with Gasteiger partial charge >= 0.3 is 19.8 Å². The summed E-state index contributed by atoms with van der Waals surface area (Å²) in [6, 6.07) is 0. The van der Waals surface area contributed by atoms with E-state index >= 15 is 0 Å². The van der Waals surface area contributed by atoms with Crippen LogP contribution in [0, 0.1) is 0 Å². The van der Waals surface area contributed by atoms with Crippen LogP contribution < -0.4 is 0 Å². The van der Waals surface area contributed by atoms with Gasteiger partial charge in [0.1, 0.15) is 19.8 Å². The van der Waals surface area contributed by atoms with Crippen LogP contribution in [0.5, 0.6) is 0 Å². The summed E-state index contributed by atoms with van der Waals surface area (Å²) in [5, 5.41) is 0. The number of carbonyl (C=O) groups is 2. The van der Waals surface area contributed by atoms with Crippen molar-refractivity contribution in [3.63, 3.8) is 0 Å². The number of allylic oxidation sites excluding steroid dienone is 8. The molecule has 0 aliphatic rings. The number of hydrogen-bond donors (Lipinski definition) is 1. The molecule has 0 aromatic rings. The van der Waals surface area contributed by atoms with Crippen LogP contribution in [0.1, 0.15) is 373 Å². The summed E-state index contributed by atoms with van der Waals surface area (Å²) < 4.78 is 34.8. The first-order chi connectivity index (χ1) is 42.0. The lowest BCUT2D eigenvalue weighted by atomic mass is 10.0. The van der Waals surface area contributed by atoms with E-state index in [0.717, 1.165) is 44.9 Å². The van der Waals surface area contributed by atoms with E-state index in [4.69, 9.17) is 18.5 Å². The zero-order valence-corrected chi connectivity index (χ0v) is 58.7. The number of rotatable bonds is 70. The average molecular weight is 1230 g/mol. The van der Waals surface area contributed by atoms with Crippen molar-refractivity contribution in [3.05, 3.63) is 48.6 Å². The monoisotopic (exact) mass is 1230 g/mol. The van der Waals surface area contributed by atoms with Gasteiger partial charge < -0.3 is 18.9 Å². The van der Waals surface area contributed by atoms with Gasteiger partial charge in [0, 0.05) is 12.8 Å². The molecule has 0 saturated carbocycles. The van der Waals surface area contributed by atoms with Gasteiger partial charge in [0.05, 0.1) is 27.7 Å². The van der Waals surface area contributed by atoms with E-state index in [0.29, 0.717) is 23.9 Å². The molecular formula is C76H145NO8P+. The maximum Gasteiger partial charge on any atom is 0.472 e. The molecular weight excluding hydrogens is 1090 g/mol.